The van der Waals surface area contributed by atoms with Gasteiger partial charge in [0.2, 0.25) is 11.7 Å². The topological polar surface area (TPSA) is 71.7 Å². The number of rotatable bonds is 4. The Labute approximate surface area is 186 Å². The summed E-state index contributed by atoms with van der Waals surface area (Å²) in [6, 6.07) is 9.75. The van der Waals surface area contributed by atoms with Gasteiger partial charge in [-0.1, -0.05) is 17.3 Å². The number of benzene rings is 1. The Balaban J connectivity index is 1.37. The zero-order valence-corrected chi connectivity index (χ0v) is 18.7. The lowest BCUT2D eigenvalue weighted by atomic mass is 10.1. The molecule has 7 nitrogen and oxygen atoms in total. The van der Waals surface area contributed by atoms with Crippen molar-refractivity contribution in [2.45, 2.75) is 31.9 Å². The molecular formula is C21H21BrN4O3S. The Bertz CT molecular complexity index is 1050. The molecule has 0 N–H and O–H groups in total. The first-order valence-electron chi connectivity index (χ1n) is 10.0. The van der Waals surface area contributed by atoms with Gasteiger partial charge in [-0.15, -0.1) is 11.3 Å². The minimum absolute atomic E-state index is 0.0591. The van der Waals surface area contributed by atoms with Gasteiger partial charge in [-0.05, 0) is 53.4 Å². The Morgan fingerprint density at radius 1 is 1.23 bits per heavy atom. The number of likely N-dealkylation sites (tertiary alicyclic amines) is 1. The molecule has 0 spiro atoms. The fraction of sp³-hybridized carbons (Fsp3) is 0.381. The zero-order valence-electron chi connectivity index (χ0n) is 16.3. The van der Waals surface area contributed by atoms with Crippen molar-refractivity contribution in [3.05, 3.63) is 46.1 Å². The molecule has 9 heteroatoms. The van der Waals surface area contributed by atoms with Gasteiger partial charge in [0.15, 0.2) is 6.10 Å². The number of anilines is 1. The van der Waals surface area contributed by atoms with E-state index in [-0.39, 0.29) is 5.91 Å². The number of halogens is 1. The molecule has 1 saturated heterocycles. The van der Waals surface area contributed by atoms with E-state index in [4.69, 9.17) is 9.26 Å². The standard InChI is InChI=1S/C21H21BrN4O3S/c22-14-10-18(30-13-14)20-23-19(29-24-20)12-26-11-17(21(27)25-8-4-1-5-9-25)28-16-7-3-2-6-15(16)26/h2-3,6-7,10,13,17H,1,4-5,8-9,11-12H2. The van der Waals surface area contributed by atoms with Crippen LogP contribution in [0.25, 0.3) is 10.7 Å². The SMILES string of the molecule is O=C(C1CN(Cc2nc(-c3cc(Br)cs3)no2)c2ccccc2O1)N1CCCCC1. The van der Waals surface area contributed by atoms with E-state index in [0.717, 1.165) is 41.0 Å². The Hall–Kier alpha value is -2.39. The quantitative estimate of drug-likeness (QED) is 0.543. The molecule has 0 aliphatic carbocycles. The number of amides is 1. The van der Waals surface area contributed by atoms with E-state index in [1.54, 1.807) is 11.3 Å². The van der Waals surface area contributed by atoms with Crippen LogP contribution < -0.4 is 9.64 Å². The Morgan fingerprint density at radius 2 is 2.07 bits per heavy atom. The normalized spacial score (nSPS) is 18.8. The average Bonchev–Trinajstić information content (AvgIpc) is 3.42. The van der Waals surface area contributed by atoms with Crippen LogP contribution in [0.15, 0.2) is 44.7 Å². The van der Waals surface area contributed by atoms with Crippen LogP contribution in [-0.2, 0) is 11.3 Å². The van der Waals surface area contributed by atoms with Crippen molar-refractivity contribution >= 4 is 38.9 Å². The van der Waals surface area contributed by atoms with Gasteiger partial charge in [-0.25, -0.2) is 0 Å². The van der Waals surface area contributed by atoms with Crippen LogP contribution in [0.2, 0.25) is 0 Å². The van der Waals surface area contributed by atoms with E-state index in [9.17, 15) is 4.79 Å². The van der Waals surface area contributed by atoms with Crippen LogP contribution in [0.3, 0.4) is 0 Å². The number of para-hydroxylation sites is 2. The number of carbonyl (C=O) groups is 1. The van der Waals surface area contributed by atoms with Crippen molar-refractivity contribution in [1.29, 1.82) is 0 Å². The predicted octanol–water partition coefficient (Wildman–Crippen LogP) is 4.34. The molecule has 1 aromatic carbocycles. The molecule has 1 unspecified atom stereocenters. The maximum atomic E-state index is 13.1. The van der Waals surface area contributed by atoms with Gasteiger partial charge in [0, 0.05) is 22.9 Å². The largest absolute Gasteiger partial charge is 0.477 e. The number of fused-ring (bicyclic) bond motifs is 1. The molecular weight excluding hydrogens is 468 g/mol. The fourth-order valence-electron chi connectivity index (χ4n) is 3.92. The summed E-state index contributed by atoms with van der Waals surface area (Å²) >= 11 is 5.01. The van der Waals surface area contributed by atoms with E-state index in [2.05, 4.69) is 31.0 Å². The molecule has 0 bridgehead atoms. The summed E-state index contributed by atoms with van der Waals surface area (Å²) in [5.41, 5.74) is 0.929. The van der Waals surface area contributed by atoms with Crippen molar-refractivity contribution in [3.63, 3.8) is 0 Å². The van der Waals surface area contributed by atoms with E-state index in [0.29, 0.717) is 30.6 Å². The number of ether oxygens (including phenoxy) is 1. The summed E-state index contributed by atoms with van der Waals surface area (Å²) < 4.78 is 12.6. The van der Waals surface area contributed by atoms with Crippen LogP contribution >= 0.6 is 27.3 Å². The van der Waals surface area contributed by atoms with Gasteiger partial charge in [0.25, 0.3) is 5.91 Å². The number of nitrogens with zero attached hydrogens (tertiary/aromatic N) is 4. The van der Waals surface area contributed by atoms with Crippen molar-refractivity contribution in [1.82, 2.24) is 15.0 Å². The highest BCUT2D eigenvalue weighted by atomic mass is 79.9. The molecule has 1 atom stereocenters. The smallest absolute Gasteiger partial charge is 0.265 e. The highest BCUT2D eigenvalue weighted by Crippen LogP contribution is 2.35. The van der Waals surface area contributed by atoms with Crippen LogP contribution in [0.4, 0.5) is 5.69 Å². The second-order valence-corrected chi connectivity index (χ2v) is 9.31. The van der Waals surface area contributed by atoms with Gasteiger partial charge < -0.3 is 19.1 Å². The van der Waals surface area contributed by atoms with Crippen molar-refractivity contribution in [3.8, 4) is 16.5 Å². The third-order valence-corrected chi connectivity index (χ3v) is 7.07. The molecule has 0 saturated carbocycles. The average molecular weight is 489 g/mol. The minimum atomic E-state index is -0.534. The van der Waals surface area contributed by atoms with Crippen LogP contribution in [-0.4, -0.2) is 46.7 Å². The van der Waals surface area contributed by atoms with Crippen molar-refractivity contribution in [2.75, 3.05) is 24.5 Å². The van der Waals surface area contributed by atoms with E-state index in [1.807, 2.05) is 40.6 Å². The number of piperidine rings is 1. The molecule has 30 heavy (non-hydrogen) atoms. The summed E-state index contributed by atoms with van der Waals surface area (Å²) in [5, 5.41) is 6.11. The molecule has 5 rings (SSSR count). The van der Waals surface area contributed by atoms with E-state index >= 15 is 0 Å². The fourth-order valence-corrected chi connectivity index (χ4v) is 5.27. The predicted molar refractivity (Wildman–Crippen MR) is 118 cm³/mol. The number of thiophene rings is 1. The lowest BCUT2D eigenvalue weighted by molar-refractivity contribution is -0.139. The van der Waals surface area contributed by atoms with Gasteiger partial charge in [0.1, 0.15) is 5.75 Å². The van der Waals surface area contributed by atoms with Crippen molar-refractivity contribution < 1.29 is 14.1 Å². The van der Waals surface area contributed by atoms with Gasteiger partial charge in [0.05, 0.1) is 23.7 Å². The highest BCUT2D eigenvalue weighted by molar-refractivity contribution is 9.10. The van der Waals surface area contributed by atoms with Crippen LogP contribution in [0.1, 0.15) is 25.2 Å². The lowest BCUT2D eigenvalue weighted by Crippen LogP contribution is -2.51. The van der Waals surface area contributed by atoms with E-state index in [1.165, 1.54) is 6.42 Å². The van der Waals surface area contributed by atoms with E-state index < -0.39 is 6.10 Å². The second-order valence-electron chi connectivity index (χ2n) is 7.48. The Kier molecular flexibility index (Phi) is 5.47. The maximum absolute atomic E-state index is 13.1. The highest BCUT2D eigenvalue weighted by Gasteiger charge is 2.34. The first kappa shape index (κ1) is 19.6. The Morgan fingerprint density at radius 3 is 2.87 bits per heavy atom. The van der Waals surface area contributed by atoms with Crippen LogP contribution in [0, 0.1) is 0 Å². The minimum Gasteiger partial charge on any atom is -0.477 e. The van der Waals surface area contributed by atoms with Crippen LogP contribution in [0.5, 0.6) is 5.75 Å². The van der Waals surface area contributed by atoms with Gasteiger partial charge in [-0.3, -0.25) is 4.79 Å². The summed E-state index contributed by atoms with van der Waals surface area (Å²) in [5.74, 6) is 1.85. The molecule has 3 aromatic rings. The molecule has 2 aromatic heterocycles. The maximum Gasteiger partial charge on any atom is 0.265 e. The summed E-state index contributed by atoms with van der Waals surface area (Å²) in [6.07, 6.45) is 2.77. The summed E-state index contributed by atoms with van der Waals surface area (Å²) in [7, 11) is 0. The number of hydrogen-bond acceptors (Lipinski definition) is 7. The molecule has 1 fully saturated rings. The first-order valence-corrected chi connectivity index (χ1v) is 11.7. The molecule has 0 radical (unpaired) electrons. The second kappa shape index (κ2) is 8.39. The number of carbonyl (C=O) groups excluding carboxylic acids is 1. The molecule has 156 valence electrons. The van der Waals surface area contributed by atoms with Gasteiger partial charge >= 0.3 is 0 Å². The third kappa shape index (κ3) is 3.96. The summed E-state index contributed by atoms with van der Waals surface area (Å²) in [4.78, 5) is 22.6. The monoisotopic (exact) mass is 488 g/mol. The molecule has 4 heterocycles. The summed E-state index contributed by atoms with van der Waals surface area (Å²) in [6.45, 7) is 2.49. The third-order valence-electron chi connectivity index (χ3n) is 5.39. The number of hydrogen-bond donors (Lipinski definition) is 0. The number of aromatic nitrogens is 2. The molecule has 1 amide bonds. The molecule has 2 aliphatic heterocycles. The first-order chi connectivity index (χ1) is 14.7. The van der Waals surface area contributed by atoms with Gasteiger partial charge in [-0.2, -0.15) is 4.98 Å². The van der Waals surface area contributed by atoms with Crippen molar-refractivity contribution in [2.24, 2.45) is 0 Å². The lowest BCUT2D eigenvalue weighted by Gasteiger charge is -2.37. The molecule has 2 aliphatic rings. The zero-order chi connectivity index (χ0) is 20.5.